The number of nitrogens with one attached hydrogen (secondary N) is 2. The molecular weight excluding hydrogens is 368 g/mol. The maximum Gasteiger partial charge on any atom is 0.319 e. The third-order valence-corrected chi connectivity index (χ3v) is 4.79. The summed E-state index contributed by atoms with van der Waals surface area (Å²) in [5, 5.41) is 5.59. The Morgan fingerprint density at radius 1 is 1.08 bits per heavy atom. The largest absolute Gasteiger partial charge is 0.492 e. The molecule has 1 aliphatic carbocycles. The van der Waals surface area contributed by atoms with E-state index in [1.54, 1.807) is 0 Å². The van der Waals surface area contributed by atoms with Gasteiger partial charge in [0, 0.05) is 4.47 Å². The van der Waals surface area contributed by atoms with Crippen LogP contribution in [0.2, 0.25) is 0 Å². The number of hydrogen-bond donors (Lipinski definition) is 2. The van der Waals surface area contributed by atoms with Crippen molar-refractivity contribution in [3.05, 3.63) is 58.1 Å². The maximum atomic E-state index is 11.9. The highest BCUT2D eigenvalue weighted by Gasteiger charge is 2.10. The van der Waals surface area contributed by atoms with Crippen molar-refractivity contribution in [1.82, 2.24) is 5.32 Å². The van der Waals surface area contributed by atoms with E-state index in [2.05, 4.69) is 38.7 Å². The third kappa shape index (κ3) is 4.51. The van der Waals surface area contributed by atoms with Gasteiger partial charge in [0.25, 0.3) is 0 Å². The number of halogens is 1. The summed E-state index contributed by atoms with van der Waals surface area (Å²) >= 11 is 3.40. The Morgan fingerprint density at radius 3 is 2.71 bits per heavy atom. The molecule has 2 aromatic carbocycles. The van der Waals surface area contributed by atoms with Crippen LogP contribution in [-0.4, -0.2) is 19.2 Å². The van der Waals surface area contributed by atoms with Crippen LogP contribution in [0.4, 0.5) is 10.5 Å². The van der Waals surface area contributed by atoms with Crippen LogP contribution in [0.3, 0.4) is 0 Å². The molecule has 2 N–H and O–H groups in total. The summed E-state index contributed by atoms with van der Waals surface area (Å²) in [4.78, 5) is 11.9. The molecule has 3 rings (SSSR count). The molecule has 0 saturated carbocycles. The van der Waals surface area contributed by atoms with Gasteiger partial charge in [-0.2, -0.15) is 0 Å². The zero-order valence-corrected chi connectivity index (χ0v) is 15.1. The van der Waals surface area contributed by atoms with Gasteiger partial charge in [-0.05, 0) is 77.0 Å². The van der Waals surface area contributed by atoms with E-state index in [4.69, 9.17) is 4.74 Å². The Balaban J connectivity index is 1.42. The fraction of sp³-hybridized carbons (Fsp3) is 0.316. The molecule has 0 fully saturated rings. The van der Waals surface area contributed by atoms with Gasteiger partial charge in [0.15, 0.2) is 0 Å². The number of benzene rings is 2. The molecule has 0 aromatic heterocycles. The van der Waals surface area contributed by atoms with E-state index in [-0.39, 0.29) is 6.03 Å². The lowest BCUT2D eigenvalue weighted by atomic mass is 9.92. The molecule has 2 aromatic rings. The minimum atomic E-state index is -0.240. The van der Waals surface area contributed by atoms with Gasteiger partial charge in [0.1, 0.15) is 12.4 Å². The van der Waals surface area contributed by atoms with Gasteiger partial charge in [0.2, 0.25) is 0 Å². The van der Waals surface area contributed by atoms with Crippen LogP contribution in [0.1, 0.15) is 24.0 Å². The molecule has 126 valence electrons. The minimum Gasteiger partial charge on any atom is -0.492 e. The molecule has 1 aliphatic rings. The van der Waals surface area contributed by atoms with E-state index >= 15 is 0 Å². The number of carbonyl (C=O) groups is 1. The van der Waals surface area contributed by atoms with E-state index in [1.165, 1.54) is 30.4 Å². The molecule has 24 heavy (non-hydrogen) atoms. The van der Waals surface area contributed by atoms with Crippen LogP contribution < -0.4 is 15.4 Å². The first-order chi connectivity index (χ1) is 11.7. The first kappa shape index (κ1) is 16.8. The van der Waals surface area contributed by atoms with Crippen LogP contribution in [0.15, 0.2) is 46.9 Å². The fourth-order valence-corrected chi connectivity index (χ4v) is 3.25. The van der Waals surface area contributed by atoms with Crippen molar-refractivity contribution in [1.29, 1.82) is 0 Å². The summed E-state index contributed by atoms with van der Waals surface area (Å²) in [5.74, 6) is 0.878. The van der Waals surface area contributed by atoms with E-state index in [0.29, 0.717) is 13.2 Å². The SMILES string of the molecule is O=C(NCCOc1ccc2c(c1)CCCC2)Nc1ccccc1Br. The summed E-state index contributed by atoms with van der Waals surface area (Å²) in [6.07, 6.45) is 4.85. The van der Waals surface area contributed by atoms with Crippen LogP contribution in [-0.2, 0) is 12.8 Å². The number of carbonyl (C=O) groups excluding carboxylic acids is 1. The number of anilines is 1. The lowest BCUT2D eigenvalue weighted by Gasteiger charge is -2.17. The van der Waals surface area contributed by atoms with Crippen LogP contribution >= 0.6 is 15.9 Å². The Bertz CT molecular complexity index is 718. The van der Waals surface area contributed by atoms with Crippen LogP contribution in [0.5, 0.6) is 5.75 Å². The average molecular weight is 389 g/mol. The second kappa shape index (κ2) is 8.20. The van der Waals surface area contributed by atoms with Gasteiger partial charge in [-0.1, -0.05) is 18.2 Å². The highest BCUT2D eigenvalue weighted by Crippen LogP contribution is 2.25. The number of para-hydroxylation sites is 1. The van der Waals surface area contributed by atoms with E-state index in [0.717, 1.165) is 22.3 Å². The molecule has 0 atom stereocenters. The highest BCUT2D eigenvalue weighted by atomic mass is 79.9. The number of amides is 2. The fourth-order valence-electron chi connectivity index (χ4n) is 2.86. The lowest BCUT2D eigenvalue weighted by molar-refractivity contribution is 0.247. The van der Waals surface area contributed by atoms with E-state index in [1.807, 2.05) is 30.3 Å². The summed E-state index contributed by atoms with van der Waals surface area (Å²) in [7, 11) is 0. The zero-order valence-electron chi connectivity index (χ0n) is 13.5. The Hall–Kier alpha value is -2.01. The predicted molar refractivity (Wildman–Crippen MR) is 99.7 cm³/mol. The summed E-state index contributed by atoms with van der Waals surface area (Å²) < 4.78 is 6.60. The standard InChI is InChI=1S/C19H21BrN2O2/c20-17-7-3-4-8-18(17)22-19(23)21-11-12-24-16-10-9-14-5-1-2-6-15(14)13-16/h3-4,7-10,13H,1-2,5-6,11-12H2,(H2,21,22,23). The molecule has 2 amide bonds. The minimum absolute atomic E-state index is 0.240. The van der Waals surface area contributed by atoms with Crippen molar-refractivity contribution < 1.29 is 9.53 Å². The van der Waals surface area contributed by atoms with Crippen molar-refractivity contribution in [3.63, 3.8) is 0 Å². The first-order valence-corrected chi connectivity index (χ1v) is 9.05. The first-order valence-electron chi connectivity index (χ1n) is 8.26. The van der Waals surface area contributed by atoms with Crippen molar-refractivity contribution in [2.24, 2.45) is 0 Å². The van der Waals surface area contributed by atoms with E-state index < -0.39 is 0 Å². The number of hydrogen-bond acceptors (Lipinski definition) is 2. The number of rotatable bonds is 5. The van der Waals surface area contributed by atoms with Crippen molar-refractivity contribution in [3.8, 4) is 5.75 Å². The van der Waals surface area contributed by atoms with E-state index in [9.17, 15) is 4.79 Å². The second-order valence-electron chi connectivity index (χ2n) is 5.85. The maximum absolute atomic E-state index is 11.9. The Labute approximate surface area is 150 Å². The molecule has 0 heterocycles. The molecule has 5 heteroatoms. The molecule has 0 unspecified atom stereocenters. The third-order valence-electron chi connectivity index (χ3n) is 4.10. The van der Waals surface area contributed by atoms with Gasteiger partial charge in [0.05, 0.1) is 12.2 Å². The number of ether oxygens (including phenoxy) is 1. The molecular formula is C19H21BrN2O2. The van der Waals surface area contributed by atoms with Crippen LogP contribution in [0, 0.1) is 0 Å². The Kier molecular flexibility index (Phi) is 5.75. The van der Waals surface area contributed by atoms with Gasteiger partial charge < -0.3 is 15.4 Å². The predicted octanol–water partition coefficient (Wildman–Crippen LogP) is 4.53. The summed E-state index contributed by atoms with van der Waals surface area (Å²) in [6, 6.07) is 13.6. The quantitative estimate of drug-likeness (QED) is 0.739. The van der Waals surface area contributed by atoms with Gasteiger partial charge >= 0.3 is 6.03 Å². The molecule has 0 saturated heterocycles. The smallest absolute Gasteiger partial charge is 0.319 e. The number of fused-ring (bicyclic) bond motifs is 1. The topological polar surface area (TPSA) is 50.4 Å². The molecule has 4 nitrogen and oxygen atoms in total. The molecule has 0 bridgehead atoms. The number of urea groups is 1. The lowest BCUT2D eigenvalue weighted by Crippen LogP contribution is -2.32. The molecule has 0 aliphatic heterocycles. The van der Waals surface area contributed by atoms with Crippen LogP contribution in [0.25, 0.3) is 0 Å². The second-order valence-corrected chi connectivity index (χ2v) is 6.70. The summed E-state index contributed by atoms with van der Waals surface area (Å²) in [5.41, 5.74) is 3.59. The van der Waals surface area contributed by atoms with Gasteiger partial charge in [-0.3, -0.25) is 0 Å². The average Bonchev–Trinajstić information content (AvgIpc) is 2.60. The van der Waals surface area contributed by atoms with Crippen molar-refractivity contribution in [2.45, 2.75) is 25.7 Å². The van der Waals surface area contributed by atoms with Gasteiger partial charge in [-0.15, -0.1) is 0 Å². The zero-order chi connectivity index (χ0) is 16.8. The molecule has 0 radical (unpaired) electrons. The summed E-state index contributed by atoms with van der Waals surface area (Å²) in [6.45, 7) is 0.898. The number of aryl methyl sites for hydroxylation is 2. The van der Waals surface area contributed by atoms with Gasteiger partial charge in [-0.25, -0.2) is 4.79 Å². The normalized spacial score (nSPS) is 13.0. The Morgan fingerprint density at radius 2 is 1.88 bits per heavy atom. The van der Waals surface area contributed by atoms with Crippen molar-refractivity contribution >= 4 is 27.6 Å². The molecule has 0 spiro atoms. The monoisotopic (exact) mass is 388 g/mol. The highest BCUT2D eigenvalue weighted by molar-refractivity contribution is 9.10. The van der Waals surface area contributed by atoms with Crippen molar-refractivity contribution in [2.75, 3.05) is 18.5 Å².